The van der Waals surface area contributed by atoms with Crippen LogP contribution in [0.1, 0.15) is 23.7 Å². The van der Waals surface area contributed by atoms with Gasteiger partial charge >= 0.3 is 0 Å². The second-order valence-corrected chi connectivity index (χ2v) is 8.79. The van der Waals surface area contributed by atoms with Crippen molar-refractivity contribution in [3.05, 3.63) is 66.7 Å². The van der Waals surface area contributed by atoms with Crippen molar-refractivity contribution in [1.29, 1.82) is 0 Å². The number of rotatable bonds is 10. The van der Waals surface area contributed by atoms with Crippen LogP contribution in [-0.4, -0.2) is 46.2 Å². The van der Waals surface area contributed by atoms with Gasteiger partial charge in [-0.05, 0) is 42.8 Å². The molecular formula is C22H27N3O5S. The number of benzene rings is 2. The summed E-state index contributed by atoms with van der Waals surface area (Å²) in [6.45, 7) is 5.68. The van der Waals surface area contributed by atoms with E-state index >= 15 is 0 Å². The van der Waals surface area contributed by atoms with E-state index in [2.05, 4.69) is 17.2 Å². The Hall–Kier alpha value is -3.33. The first-order valence-corrected chi connectivity index (χ1v) is 11.5. The van der Waals surface area contributed by atoms with Gasteiger partial charge in [-0.25, -0.2) is 8.42 Å². The van der Waals surface area contributed by atoms with E-state index in [-0.39, 0.29) is 5.91 Å². The number of para-hydroxylation sites is 1. The first-order chi connectivity index (χ1) is 14.7. The molecule has 0 aliphatic heterocycles. The summed E-state index contributed by atoms with van der Waals surface area (Å²) in [5, 5.41) is 5.43. The Morgan fingerprint density at radius 3 is 2.39 bits per heavy atom. The Morgan fingerprint density at radius 1 is 1.16 bits per heavy atom. The lowest BCUT2D eigenvalue weighted by molar-refractivity contribution is -0.122. The van der Waals surface area contributed by atoms with E-state index < -0.39 is 22.0 Å². The summed E-state index contributed by atoms with van der Waals surface area (Å²) in [5.41, 5.74) is 1.19. The number of carbonyl (C=O) groups excluding carboxylic acids is 2. The highest BCUT2D eigenvalue weighted by Crippen LogP contribution is 2.22. The summed E-state index contributed by atoms with van der Waals surface area (Å²) in [6.07, 6.45) is 2.27. The summed E-state index contributed by atoms with van der Waals surface area (Å²) < 4.78 is 30.2. The zero-order valence-corrected chi connectivity index (χ0v) is 18.6. The summed E-state index contributed by atoms with van der Waals surface area (Å²) in [6, 6.07) is 13.1. The molecule has 0 aliphatic rings. The van der Waals surface area contributed by atoms with Crippen LogP contribution in [0.25, 0.3) is 0 Å². The monoisotopic (exact) mass is 445 g/mol. The lowest BCUT2D eigenvalue weighted by Crippen LogP contribution is -2.33. The van der Waals surface area contributed by atoms with E-state index in [1.165, 1.54) is 7.05 Å². The molecule has 8 nitrogen and oxygen atoms in total. The largest absolute Gasteiger partial charge is 0.481 e. The van der Waals surface area contributed by atoms with E-state index in [9.17, 15) is 18.0 Å². The Bertz CT molecular complexity index is 1040. The fraction of sp³-hybridized carbons (Fsp3) is 0.273. The molecule has 1 atom stereocenters. The van der Waals surface area contributed by atoms with Gasteiger partial charge in [0.05, 0.1) is 23.2 Å². The maximum absolute atomic E-state index is 12.8. The summed E-state index contributed by atoms with van der Waals surface area (Å²) in [7, 11) is -1.92. The quantitative estimate of drug-likeness (QED) is 0.547. The van der Waals surface area contributed by atoms with Crippen LogP contribution in [-0.2, 0) is 14.8 Å². The number of sulfonamides is 1. The van der Waals surface area contributed by atoms with Gasteiger partial charge in [0, 0.05) is 13.6 Å². The van der Waals surface area contributed by atoms with Gasteiger partial charge in [-0.15, -0.1) is 6.58 Å². The van der Waals surface area contributed by atoms with E-state index in [1.54, 1.807) is 61.5 Å². The maximum atomic E-state index is 12.8. The number of hydrogen-bond donors (Lipinski definition) is 2. The minimum absolute atomic E-state index is 0.312. The van der Waals surface area contributed by atoms with Crippen molar-refractivity contribution in [2.24, 2.45) is 0 Å². The molecule has 2 aromatic carbocycles. The van der Waals surface area contributed by atoms with Crippen molar-refractivity contribution >= 4 is 33.2 Å². The van der Waals surface area contributed by atoms with Crippen LogP contribution in [0.4, 0.5) is 11.4 Å². The topological polar surface area (TPSA) is 105 Å². The van der Waals surface area contributed by atoms with Crippen LogP contribution < -0.4 is 19.7 Å². The molecule has 166 valence electrons. The molecule has 0 aromatic heterocycles. The van der Waals surface area contributed by atoms with Crippen LogP contribution in [0, 0.1) is 0 Å². The van der Waals surface area contributed by atoms with Crippen LogP contribution in [0.2, 0.25) is 0 Å². The number of hydrogen-bond acceptors (Lipinski definition) is 5. The van der Waals surface area contributed by atoms with Gasteiger partial charge in [0.25, 0.3) is 11.8 Å². The van der Waals surface area contributed by atoms with E-state index in [0.717, 1.165) is 10.6 Å². The molecule has 0 heterocycles. The number of nitrogens with one attached hydrogen (secondary N) is 2. The van der Waals surface area contributed by atoms with Crippen molar-refractivity contribution in [2.75, 3.05) is 29.5 Å². The SMILES string of the molecule is C=CCNC(=O)c1ccccc1NC(=O)[C@@H](CC)Oc1ccc(N(C)S(C)(=O)=O)cc1. The zero-order chi connectivity index (χ0) is 23.0. The summed E-state index contributed by atoms with van der Waals surface area (Å²) in [4.78, 5) is 25.1. The van der Waals surface area contributed by atoms with Gasteiger partial charge in [0.1, 0.15) is 5.75 Å². The molecule has 0 fully saturated rings. The molecule has 0 saturated carbocycles. The van der Waals surface area contributed by atoms with Crippen molar-refractivity contribution in [1.82, 2.24) is 5.32 Å². The number of ether oxygens (including phenoxy) is 1. The first-order valence-electron chi connectivity index (χ1n) is 9.67. The van der Waals surface area contributed by atoms with E-state index in [4.69, 9.17) is 4.74 Å². The first kappa shape index (κ1) is 23.9. The highest BCUT2D eigenvalue weighted by atomic mass is 32.2. The van der Waals surface area contributed by atoms with Gasteiger partial charge in [-0.2, -0.15) is 0 Å². The molecule has 0 bridgehead atoms. The van der Waals surface area contributed by atoms with Crippen LogP contribution in [0.3, 0.4) is 0 Å². The fourth-order valence-corrected chi connectivity index (χ4v) is 3.18. The maximum Gasteiger partial charge on any atom is 0.265 e. The molecule has 0 radical (unpaired) electrons. The van der Waals surface area contributed by atoms with E-state index in [1.807, 2.05) is 0 Å². The molecule has 2 aromatic rings. The molecule has 0 saturated heterocycles. The molecular weight excluding hydrogens is 418 g/mol. The average Bonchev–Trinajstić information content (AvgIpc) is 2.75. The van der Waals surface area contributed by atoms with Crippen molar-refractivity contribution in [3.63, 3.8) is 0 Å². The predicted octanol–water partition coefficient (Wildman–Crippen LogP) is 2.79. The fourth-order valence-electron chi connectivity index (χ4n) is 2.68. The third kappa shape index (κ3) is 6.58. The van der Waals surface area contributed by atoms with E-state index in [0.29, 0.717) is 35.7 Å². The van der Waals surface area contributed by atoms with Crippen LogP contribution >= 0.6 is 0 Å². The van der Waals surface area contributed by atoms with Gasteiger partial charge in [0.15, 0.2) is 6.10 Å². The normalized spacial score (nSPS) is 11.8. The molecule has 0 aliphatic carbocycles. The number of nitrogens with zero attached hydrogens (tertiary/aromatic N) is 1. The smallest absolute Gasteiger partial charge is 0.265 e. The number of amides is 2. The van der Waals surface area contributed by atoms with Crippen molar-refractivity contribution in [3.8, 4) is 5.75 Å². The van der Waals surface area contributed by atoms with Crippen molar-refractivity contribution in [2.45, 2.75) is 19.4 Å². The average molecular weight is 446 g/mol. The molecule has 31 heavy (non-hydrogen) atoms. The van der Waals surface area contributed by atoms with Gasteiger partial charge in [-0.1, -0.05) is 25.1 Å². The highest BCUT2D eigenvalue weighted by molar-refractivity contribution is 7.92. The Morgan fingerprint density at radius 2 is 1.81 bits per heavy atom. The molecule has 0 unspecified atom stereocenters. The lowest BCUT2D eigenvalue weighted by atomic mass is 10.1. The van der Waals surface area contributed by atoms with Crippen LogP contribution in [0.15, 0.2) is 61.2 Å². The third-order valence-electron chi connectivity index (χ3n) is 4.48. The minimum atomic E-state index is -3.37. The Balaban J connectivity index is 2.11. The second kappa shape index (κ2) is 10.6. The highest BCUT2D eigenvalue weighted by Gasteiger charge is 2.21. The predicted molar refractivity (Wildman–Crippen MR) is 122 cm³/mol. The Kier molecular flexibility index (Phi) is 8.21. The molecule has 2 rings (SSSR count). The zero-order valence-electron chi connectivity index (χ0n) is 17.8. The molecule has 9 heteroatoms. The van der Waals surface area contributed by atoms with Crippen LogP contribution in [0.5, 0.6) is 5.75 Å². The number of carbonyl (C=O) groups is 2. The summed E-state index contributed by atoms with van der Waals surface area (Å²) in [5.74, 6) is -0.302. The molecule has 0 spiro atoms. The van der Waals surface area contributed by atoms with Gasteiger partial charge in [0.2, 0.25) is 10.0 Å². The molecule has 2 amide bonds. The van der Waals surface area contributed by atoms with Gasteiger partial charge in [-0.3, -0.25) is 13.9 Å². The third-order valence-corrected chi connectivity index (χ3v) is 5.68. The van der Waals surface area contributed by atoms with Gasteiger partial charge < -0.3 is 15.4 Å². The van der Waals surface area contributed by atoms with Crippen molar-refractivity contribution < 1.29 is 22.7 Å². The second-order valence-electron chi connectivity index (χ2n) is 6.77. The minimum Gasteiger partial charge on any atom is -0.481 e. The lowest BCUT2D eigenvalue weighted by Gasteiger charge is -2.20. The standard InChI is InChI=1S/C22H27N3O5S/c1-5-15-23-21(26)18-9-7-8-10-19(18)24-22(27)20(6-2)30-17-13-11-16(12-14-17)25(3)31(4,28)29/h5,7-14,20H,1,6,15H2,2-4H3,(H,23,26)(H,24,27)/t20-/m1/s1. The Labute approximate surface area is 183 Å². The molecule has 2 N–H and O–H groups in total. The summed E-state index contributed by atoms with van der Waals surface area (Å²) >= 11 is 0. The number of anilines is 2.